The lowest BCUT2D eigenvalue weighted by Gasteiger charge is -2.19. The third kappa shape index (κ3) is 3.85. The molecule has 1 fully saturated rings. The maximum Gasteiger partial charge on any atom is 0.255 e. The largest absolute Gasteiger partial charge is 0.357 e. The number of amides is 2. The Morgan fingerprint density at radius 1 is 1.23 bits per heavy atom. The lowest BCUT2D eigenvalue weighted by Crippen LogP contribution is -2.24. The Labute approximate surface area is 153 Å². The van der Waals surface area contributed by atoms with Crippen LogP contribution in [0.4, 0.5) is 17.2 Å². The Morgan fingerprint density at radius 3 is 2.65 bits per heavy atom. The molecule has 1 aromatic heterocycles. The van der Waals surface area contributed by atoms with E-state index in [-0.39, 0.29) is 11.8 Å². The number of nitrogens with zero attached hydrogens (tertiary/aromatic N) is 3. The van der Waals surface area contributed by atoms with E-state index in [2.05, 4.69) is 29.0 Å². The topological polar surface area (TPSA) is 65.5 Å². The molecular formula is C20H24N4O2. The van der Waals surface area contributed by atoms with Gasteiger partial charge in [0, 0.05) is 37.3 Å². The van der Waals surface area contributed by atoms with Gasteiger partial charge in [0.1, 0.15) is 5.82 Å². The average molecular weight is 352 g/mol. The van der Waals surface area contributed by atoms with Gasteiger partial charge in [-0.15, -0.1) is 0 Å². The highest BCUT2D eigenvalue weighted by Gasteiger charge is 2.22. The zero-order valence-corrected chi connectivity index (χ0v) is 15.2. The normalized spacial score (nSPS) is 13.8. The van der Waals surface area contributed by atoms with Crippen molar-refractivity contribution in [2.45, 2.75) is 26.7 Å². The molecule has 0 bridgehead atoms. The van der Waals surface area contributed by atoms with Crippen LogP contribution in [0.2, 0.25) is 0 Å². The van der Waals surface area contributed by atoms with Crippen LogP contribution >= 0.6 is 0 Å². The number of hydrogen-bond donors (Lipinski definition) is 1. The molecule has 0 atom stereocenters. The molecule has 3 rings (SSSR count). The van der Waals surface area contributed by atoms with Crippen LogP contribution in [-0.2, 0) is 4.79 Å². The van der Waals surface area contributed by atoms with Gasteiger partial charge < -0.3 is 15.1 Å². The van der Waals surface area contributed by atoms with E-state index in [0.29, 0.717) is 24.2 Å². The second-order valence-corrected chi connectivity index (χ2v) is 6.23. The summed E-state index contributed by atoms with van der Waals surface area (Å²) in [6.07, 6.45) is 3.10. The van der Waals surface area contributed by atoms with Gasteiger partial charge in [0.15, 0.2) is 0 Å². The van der Waals surface area contributed by atoms with E-state index in [9.17, 15) is 9.59 Å². The Kier molecular flexibility index (Phi) is 5.51. The smallest absolute Gasteiger partial charge is 0.255 e. The minimum atomic E-state index is -0.212. The van der Waals surface area contributed by atoms with Gasteiger partial charge in [-0.3, -0.25) is 9.59 Å². The number of pyridine rings is 1. The van der Waals surface area contributed by atoms with Crippen molar-refractivity contribution in [2.24, 2.45) is 0 Å². The van der Waals surface area contributed by atoms with Crippen LogP contribution < -0.4 is 15.1 Å². The molecule has 1 aliphatic heterocycles. The third-order valence-electron chi connectivity index (χ3n) is 4.59. The molecule has 136 valence electrons. The zero-order valence-electron chi connectivity index (χ0n) is 15.2. The van der Waals surface area contributed by atoms with Crippen LogP contribution in [0, 0.1) is 0 Å². The average Bonchev–Trinajstić information content (AvgIpc) is 3.10. The van der Waals surface area contributed by atoms with Crippen LogP contribution in [-0.4, -0.2) is 36.4 Å². The molecule has 0 spiro atoms. The van der Waals surface area contributed by atoms with Gasteiger partial charge >= 0.3 is 0 Å². The summed E-state index contributed by atoms with van der Waals surface area (Å²) in [6, 6.07) is 10.9. The van der Waals surface area contributed by atoms with E-state index in [1.165, 1.54) is 0 Å². The van der Waals surface area contributed by atoms with E-state index >= 15 is 0 Å². The number of benzene rings is 1. The predicted molar refractivity (Wildman–Crippen MR) is 104 cm³/mol. The van der Waals surface area contributed by atoms with Crippen molar-refractivity contribution in [3.8, 4) is 0 Å². The molecule has 1 aromatic carbocycles. The third-order valence-corrected chi connectivity index (χ3v) is 4.59. The fourth-order valence-corrected chi connectivity index (χ4v) is 3.13. The summed E-state index contributed by atoms with van der Waals surface area (Å²) in [4.78, 5) is 32.7. The fraction of sp³-hybridized carbons (Fsp3) is 0.350. The Bertz CT molecular complexity index is 785. The van der Waals surface area contributed by atoms with Crippen LogP contribution in [0.5, 0.6) is 0 Å². The van der Waals surface area contributed by atoms with Gasteiger partial charge in [-0.05, 0) is 50.6 Å². The van der Waals surface area contributed by atoms with Crippen molar-refractivity contribution < 1.29 is 9.59 Å². The van der Waals surface area contributed by atoms with Gasteiger partial charge in [0.2, 0.25) is 5.91 Å². The monoisotopic (exact) mass is 352 g/mol. The quantitative estimate of drug-likeness (QED) is 0.866. The molecule has 1 aliphatic rings. The number of rotatable bonds is 6. The second kappa shape index (κ2) is 7.99. The predicted octanol–water partition coefficient (Wildman–Crippen LogP) is 3.31. The summed E-state index contributed by atoms with van der Waals surface area (Å²) in [5, 5.41) is 2.87. The number of anilines is 3. The van der Waals surface area contributed by atoms with E-state index in [1.54, 1.807) is 29.3 Å². The van der Waals surface area contributed by atoms with Crippen LogP contribution in [0.15, 0.2) is 42.6 Å². The summed E-state index contributed by atoms with van der Waals surface area (Å²) in [5.74, 6) is 0.789. The molecule has 0 radical (unpaired) electrons. The lowest BCUT2D eigenvalue weighted by atomic mass is 10.1. The first-order chi connectivity index (χ1) is 12.6. The van der Waals surface area contributed by atoms with Gasteiger partial charge in [-0.2, -0.15) is 0 Å². The van der Waals surface area contributed by atoms with Crippen LogP contribution in [0.1, 0.15) is 37.0 Å². The van der Waals surface area contributed by atoms with Gasteiger partial charge in [-0.1, -0.05) is 6.07 Å². The summed E-state index contributed by atoms with van der Waals surface area (Å²) < 4.78 is 0. The Balaban J connectivity index is 1.71. The maximum atomic E-state index is 12.5. The molecule has 6 nitrogen and oxygen atoms in total. The van der Waals surface area contributed by atoms with Crippen molar-refractivity contribution in [1.29, 1.82) is 0 Å². The van der Waals surface area contributed by atoms with E-state index < -0.39 is 0 Å². The van der Waals surface area contributed by atoms with Gasteiger partial charge in [0.25, 0.3) is 5.91 Å². The molecule has 2 amide bonds. The SMILES string of the molecule is CCN(CC)c1ccc(NC(=O)c2cccc(N3CCCC3=O)c2)cn1. The van der Waals surface area contributed by atoms with E-state index in [0.717, 1.165) is 31.0 Å². The Hall–Kier alpha value is -2.89. The number of nitrogens with one attached hydrogen (secondary N) is 1. The van der Waals surface area contributed by atoms with Crippen molar-refractivity contribution >= 4 is 29.0 Å². The van der Waals surface area contributed by atoms with Crippen LogP contribution in [0.25, 0.3) is 0 Å². The van der Waals surface area contributed by atoms with Crippen molar-refractivity contribution in [3.05, 3.63) is 48.2 Å². The highest BCUT2D eigenvalue weighted by molar-refractivity contribution is 6.05. The highest BCUT2D eigenvalue weighted by atomic mass is 16.2. The first kappa shape index (κ1) is 17.9. The minimum Gasteiger partial charge on any atom is -0.357 e. The number of hydrogen-bond acceptors (Lipinski definition) is 4. The molecule has 1 N–H and O–H groups in total. The minimum absolute atomic E-state index is 0.110. The van der Waals surface area contributed by atoms with Crippen molar-refractivity contribution in [1.82, 2.24) is 4.98 Å². The summed E-state index contributed by atoms with van der Waals surface area (Å²) in [5.41, 5.74) is 1.94. The van der Waals surface area contributed by atoms with E-state index in [4.69, 9.17) is 0 Å². The molecule has 0 unspecified atom stereocenters. The lowest BCUT2D eigenvalue weighted by molar-refractivity contribution is -0.117. The molecule has 0 aliphatic carbocycles. The molecule has 26 heavy (non-hydrogen) atoms. The highest BCUT2D eigenvalue weighted by Crippen LogP contribution is 2.23. The first-order valence-corrected chi connectivity index (χ1v) is 9.05. The van der Waals surface area contributed by atoms with Crippen LogP contribution in [0.3, 0.4) is 0 Å². The second-order valence-electron chi connectivity index (χ2n) is 6.23. The molecule has 2 heterocycles. The van der Waals surface area contributed by atoms with E-state index in [1.807, 2.05) is 18.2 Å². The summed E-state index contributed by atoms with van der Waals surface area (Å²) in [6.45, 7) is 6.65. The standard InChI is InChI=1S/C20H24N4O2/c1-3-23(4-2)18-11-10-16(14-21-18)22-20(26)15-7-5-8-17(13-15)24-12-6-9-19(24)25/h5,7-8,10-11,13-14H,3-4,6,9,12H2,1-2H3,(H,22,26). The fourth-order valence-electron chi connectivity index (χ4n) is 3.13. The van der Waals surface area contributed by atoms with Crippen molar-refractivity contribution in [3.63, 3.8) is 0 Å². The number of carbonyl (C=O) groups excluding carboxylic acids is 2. The molecule has 0 saturated carbocycles. The summed E-state index contributed by atoms with van der Waals surface area (Å²) in [7, 11) is 0. The summed E-state index contributed by atoms with van der Waals surface area (Å²) >= 11 is 0. The maximum absolute atomic E-state index is 12.5. The van der Waals surface area contributed by atoms with Gasteiger partial charge in [0.05, 0.1) is 11.9 Å². The molecular weight excluding hydrogens is 328 g/mol. The number of carbonyl (C=O) groups is 2. The van der Waals surface area contributed by atoms with Gasteiger partial charge in [-0.25, -0.2) is 4.98 Å². The first-order valence-electron chi connectivity index (χ1n) is 9.05. The molecule has 6 heteroatoms. The molecule has 2 aromatic rings. The van der Waals surface area contributed by atoms with Crippen molar-refractivity contribution in [2.75, 3.05) is 34.8 Å². The Morgan fingerprint density at radius 2 is 2.04 bits per heavy atom. The zero-order chi connectivity index (χ0) is 18.5. The molecule has 1 saturated heterocycles. The number of aromatic nitrogens is 1.